The van der Waals surface area contributed by atoms with Gasteiger partial charge < -0.3 is 15.3 Å². The minimum atomic E-state index is -0.450. The fourth-order valence-electron chi connectivity index (χ4n) is 2.82. The minimum absolute atomic E-state index is 0.0669. The molecule has 2 N–H and O–H groups in total. The first-order valence-electron chi connectivity index (χ1n) is 8.18. The standard InChI is InChI=1S/C16H32N2O2/c1-4-5-14(3)10-16(20)17-11-15(19)12-18-8-6-13(2)7-9-18/h13-15,19H,4-12H2,1-3H3,(H,17,20). The topological polar surface area (TPSA) is 52.6 Å². The van der Waals surface area contributed by atoms with Crippen LogP contribution in [0.5, 0.6) is 0 Å². The van der Waals surface area contributed by atoms with Gasteiger partial charge in [-0.3, -0.25) is 4.79 Å². The number of piperidine rings is 1. The molecular weight excluding hydrogens is 252 g/mol. The Bertz CT molecular complexity index is 276. The molecule has 0 bridgehead atoms. The molecule has 4 nitrogen and oxygen atoms in total. The molecule has 1 saturated heterocycles. The average molecular weight is 284 g/mol. The van der Waals surface area contributed by atoms with Crippen molar-refractivity contribution in [2.24, 2.45) is 11.8 Å². The lowest BCUT2D eigenvalue weighted by atomic mass is 9.99. The molecule has 118 valence electrons. The van der Waals surface area contributed by atoms with Crippen LogP contribution in [-0.2, 0) is 4.79 Å². The molecule has 1 heterocycles. The van der Waals surface area contributed by atoms with Crippen molar-refractivity contribution in [2.45, 2.75) is 59.0 Å². The lowest BCUT2D eigenvalue weighted by molar-refractivity contribution is -0.122. The molecule has 2 unspecified atom stereocenters. The molecule has 0 aromatic carbocycles. The van der Waals surface area contributed by atoms with E-state index in [-0.39, 0.29) is 5.91 Å². The highest BCUT2D eigenvalue weighted by molar-refractivity contribution is 5.76. The normalized spacial score (nSPS) is 20.6. The first-order valence-corrected chi connectivity index (χ1v) is 8.18. The number of hydrogen-bond donors (Lipinski definition) is 2. The maximum atomic E-state index is 11.7. The smallest absolute Gasteiger partial charge is 0.220 e. The van der Waals surface area contributed by atoms with E-state index >= 15 is 0 Å². The number of nitrogens with zero attached hydrogens (tertiary/aromatic N) is 1. The first kappa shape index (κ1) is 17.4. The van der Waals surface area contributed by atoms with Crippen LogP contribution in [-0.4, -0.2) is 48.2 Å². The number of likely N-dealkylation sites (tertiary alicyclic amines) is 1. The quantitative estimate of drug-likeness (QED) is 0.717. The Hall–Kier alpha value is -0.610. The monoisotopic (exact) mass is 284 g/mol. The summed E-state index contributed by atoms with van der Waals surface area (Å²) in [5.74, 6) is 1.31. The summed E-state index contributed by atoms with van der Waals surface area (Å²) in [5.41, 5.74) is 0. The Balaban J connectivity index is 2.13. The number of carbonyl (C=O) groups is 1. The summed E-state index contributed by atoms with van der Waals surface area (Å²) in [5, 5.41) is 12.9. The van der Waals surface area contributed by atoms with Crippen molar-refractivity contribution in [1.82, 2.24) is 10.2 Å². The van der Waals surface area contributed by atoms with E-state index in [1.165, 1.54) is 12.8 Å². The largest absolute Gasteiger partial charge is 0.390 e. The van der Waals surface area contributed by atoms with Crippen LogP contribution in [0.3, 0.4) is 0 Å². The highest BCUT2D eigenvalue weighted by atomic mass is 16.3. The first-order chi connectivity index (χ1) is 9.51. The molecule has 0 spiro atoms. The predicted molar refractivity (Wildman–Crippen MR) is 82.5 cm³/mol. The van der Waals surface area contributed by atoms with Gasteiger partial charge in [0.25, 0.3) is 0 Å². The second-order valence-electron chi connectivity index (χ2n) is 6.54. The average Bonchev–Trinajstić information content (AvgIpc) is 2.39. The highest BCUT2D eigenvalue weighted by Crippen LogP contribution is 2.15. The van der Waals surface area contributed by atoms with Crippen LogP contribution in [0.2, 0.25) is 0 Å². The number of hydrogen-bond acceptors (Lipinski definition) is 3. The van der Waals surface area contributed by atoms with Crippen molar-refractivity contribution in [3.63, 3.8) is 0 Å². The van der Waals surface area contributed by atoms with Crippen molar-refractivity contribution >= 4 is 5.91 Å². The second-order valence-corrected chi connectivity index (χ2v) is 6.54. The fourth-order valence-corrected chi connectivity index (χ4v) is 2.82. The Morgan fingerprint density at radius 3 is 2.65 bits per heavy atom. The van der Waals surface area contributed by atoms with Crippen molar-refractivity contribution in [1.29, 1.82) is 0 Å². The molecule has 1 aliphatic heterocycles. The molecule has 1 rings (SSSR count). The number of amides is 1. The van der Waals surface area contributed by atoms with Gasteiger partial charge in [0.1, 0.15) is 0 Å². The van der Waals surface area contributed by atoms with E-state index in [2.05, 4.69) is 31.0 Å². The van der Waals surface area contributed by atoms with Gasteiger partial charge in [0.15, 0.2) is 0 Å². The lowest BCUT2D eigenvalue weighted by Gasteiger charge is -2.31. The highest BCUT2D eigenvalue weighted by Gasteiger charge is 2.18. The van der Waals surface area contributed by atoms with E-state index in [0.29, 0.717) is 25.4 Å². The number of carbonyl (C=O) groups excluding carboxylic acids is 1. The summed E-state index contributed by atoms with van der Waals surface area (Å²) in [6, 6.07) is 0. The Morgan fingerprint density at radius 1 is 1.40 bits per heavy atom. The third-order valence-electron chi connectivity index (χ3n) is 4.20. The van der Waals surface area contributed by atoms with E-state index < -0.39 is 6.10 Å². The number of aliphatic hydroxyl groups excluding tert-OH is 1. The van der Waals surface area contributed by atoms with Crippen LogP contribution in [0, 0.1) is 11.8 Å². The molecule has 1 aliphatic rings. The van der Waals surface area contributed by atoms with Crippen molar-refractivity contribution < 1.29 is 9.90 Å². The zero-order chi connectivity index (χ0) is 15.0. The summed E-state index contributed by atoms with van der Waals surface area (Å²) in [4.78, 5) is 14.0. The third kappa shape index (κ3) is 7.25. The van der Waals surface area contributed by atoms with Gasteiger partial charge in [0, 0.05) is 19.5 Å². The van der Waals surface area contributed by atoms with Gasteiger partial charge in [-0.05, 0) is 37.8 Å². The number of nitrogens with one attached hydrogen (secondary N) is 1. The Kier molecular flexibility index (Phi) is 8.15. The van der Waals surface area contributed by atoms with Crippen molar-refractivity contribution in [2.75, 3.05) is 26.2 Å². The van der Waals surface area contributed by atoms with E-state index in [9.17, 15) is 9.90 Å². The molecule has 1 amide bonds. The molecule has 0 aliphatic carbocycles. The zero-order valence-electron chi connectivity index (χ0n) is 13.4. The second kappa shape index (κ2) is 9.35. The van der Waals surface area contributed by atoms with Crippen LogP contribution in [0.25, 0.3) is 0 Å². The fraction of sp³-hybridized carbons (Fsp3) is 0.938. The van der Waals surface area contributed by atoms with Crippen LogP contribution < -0.4 is 5.32 Å². The Morgan fingerprint density at radius 2 is 2.05 bits per heavy atom. The third-order valence-corrected chi connectivity index (χ3v) is 4.20. The Labute approximate surface area is 123 Å². The predicted octanol–water partition coefficient (Wildman–Crippen LogP) is 2.02. The molecule has 0 radical (unpaired) electrons. The van der Waals surface area contributed by atoms with Gasteiger partial charge in [-0.2, -0.15) is 0 Å². The maximum Gasteiger partial charge on any atom is 0.220 e. The van der Waals surface area contributed by atoms with Crippen LogP contribution in [0.4, 0.5) is 0 Å². The van der Waals surface area contributed by atoms with E-state index in [1.54, 1.807) is 0 Å². The van der Waals surface area contributed by atoms with Crippen LogP contribution in [0.15, 0.2) is 0 Å². The molecule has 2 atom stereocenters. The summed E-state index contributed by atoms with van der Waals surface area (Å²) in [6.45, 7) is 9.72. The number of β-amino-alcohol motifs (C(OH)–C–C–N with tert-alkyl or cyclic N) is 1. The van der Waals surface area contributed by atoms with Gasteiger partial charge in [0.2, 0.25) is 5.91 Å². The molecule has 0 saturated carbocycles. The summed E-state index contributed by atoms with van der Waals surface area (Å²) < 4.78 is 0. The van der Waals surface area contributed by atoms with Crippen LogP contribution >= 0.6 is 0 Å². The molecule has 4 heteroatoms. The SMILES string of the molecule is CCCC(C)CC(=O)NCC(O)CN1CCC(C)CC1. The summed E-state index contributed by atoms with van der Waals surface area (Å²) in [7, 11) is 0. The van der Waals surface area contributed by atoms with Gasteiger partial charge >= 0.3 is 0 Å². The minimum Gasteiger partial charge on any atom is -0.390 e. The maximum absolute atomic E-state index is 11.7. The van der Waals surface area contributed by atoms with Gasteiger partial charge in [0.05, 0.1) is 6.10 Å². The van der Waals surface area contributed by atoms with Crippen molar-refractivity contribution in [3.8, 4) is 0 Å². The van der Waals surface area contributed by atoms with Crippen molar-refractivity contribution in [3.05, 3.63) is 0 Å². The number of rotatable bonds is 8. The van der Waals surface area contributed by atoms with Gasteiger partial charge in [-0.25, -0.2) is 0 Å². The molecular formula is C16H32N2O2. The molecule has 20 heavy (non-hydrogen) atoms. The molecule has 0 aromatic heterocycles. The summed E-state index contributed by atoms with van der Waals surface area (Å²) >= 11 is 0. The van der Waals surface area contributed by atoms with Crippen LogP contribution in [0.1, 0.15) is 52.9 Å². The lowest BCUT2D eigenvalue weighted by Crippen LogP contribution is -2.43. The summed E-state index contributed by atoms with van der Waals surface area (Å²) in [6.07, 6.45) is 4.75. The molecule has 1 fully saturated rings. The number of aliphatic hydroxyl groups is 1. The van der Waals surface area contributed by atoms with E-state index in [1.807, 2.05) is 0 Å². The van der Waals surface area contributed by atoms with E-state index in [0.717, 1.165) is 31.8 Å². The van der Waals surface area contributed by atoms with Gasteiger partial charge in [-0.1, -0.05) is 33.6 Å². The van der Waals surface area contributed by atoms with Gasteiger partial charge in [-0.15, -0.1) is 0 Å². The zero-order valence-corrected chi connectivity index (χ0v) is 13.4. The molecule has 0 aromatic rings. The van der Waals surface area contributed by atoms with E-state index in [4.69, 9.17) is 0 Å².